The predicted octanol–water partition coefficient (Wildman–Crippen LogP) is 7.37. The van der Waals surface area contributed by atoms with Crippen molar-refractivity contribution in [1.82, 2.24) is 4.98 Å². The highest BCUT2D eigenvalue weighted by Crippen LogP contribution is 2.42. The molecule has 3 aromatic carbocycles. The van der Waals surface area contributed by atoms with Crippen molar-refractivity contribution in [2.24, 2.45) is 0 Å². The van der Waals surface area contributed by atoms with Gasteiger partial charge in [-0.2, -0.15) is 0 Å². The Hall–Kier alpha value is -2.84. The van der Waals surface area contributed by atoms with E-state index in [0.717, 1.165) is 0 Å². The lowest BCUT2D eigenvalue weighted by atomic mass is 9.99. The molecule has 0 saturated heterocycles. The molecular formula is C23H17NS. The number of H-pyrrole nitrogens is 1. The van der Waals surface area contributed by atoms with E-state index < -0.39 is 0 Å². The van der Waals surface area contributed by atoms with Gasteiger partial charge in [0.15, 0.2) is 0 Å². The number of nitrogens with one attached hydrogen (secondary N) is 1. The molecule has 0 aliphatic heterocycles. The first-order chi connectivity index (χ1) is 12.3. The molecule has 2 heteroatoms. The number of benzene rings is 3. The second-order valence-electron chi connectivity index (χ2n) is 6.28. The average molecular weight is 339 g/mol. The average Bonchev–Trinajstić information content (AvgIpc) is 3.19. The van der Waals surface area contributed by atoms with Crippen LogP contribution in [0.5, 0.6) is 0 Å². The Morgan fingerprint density at radius 1 is 0.920 bits per heavy atom. The van der Waals surface area contributed by atoms with E-state index in [-0.39, 0.29) is 0 Å². The van der Waals surface area contributed by atoms with Crippen LogP contribution in [0, 0.1) is 0 Å². The van der Waals surface area contributed by atoms with Crippen LogP contribution in [0.3, 0.4) is 0 Å². The van der Waals surface area contributed by atoms with E-state index >= 15 is 0 Å². The summed E-state index contributed by atoms with van der Waals surface area (Å²) in [7, 11) is 0. The normalized spacial score (nSPS) is 12.2. The molecule has 1 N–H and O–H groups in total. The van der Waals surface area contributed by atoms with Crippen LogP contribution in [-0.2, 0) is 0 Å². The molecule has 0 aliphatic rings. The predicted molar refractivity (Wildman–Crippen MR) is 113 cm³/mol. The molecule has 0 unspecified atom stereocenters. The lowest BCUT2D eigenvalue weighted by Gasteiger charge is -2.02. The Labute approximate surface area is 149 Å². The molecule has 5 aromatic rings. The van der Waals surface area contributed by atoms with Gasteiger partial charge in [-0.15, -0.1) is 11.3 Å². The van der Waals surface area contributed by atoms with Crippen LogP contribution in [0.25, 0.3) is 54.8 Å². The molecule has 5 rings (SSSR count). The summed E-state index contributed by atoms with van der Waals surface area (Å²) < 4.78 is 1.31. The SMILES string of the molecule is C=Cc1sc2ccc3[nH]c4ccc5ccccc5c4c3c2c1/C=C\C. The summed E-state index contributed by atoms with van der Waals surface area (Å²) in [5.41, 5.74) is 3.66. The van der Waals surface area contributed by atoms with Gasteiger partial charge in [0.2, 0.25) is 0 Å². The molecule has 25 heavy (non-hydrogen) atoms. The standard InChI is InChI=1S/C23H17NS/c1-3-7-16-19(4-2)25-20-13-12-18-23(22(16)20)21-15-9-6-5-8-14(15)10-11-17(21)24-18/h3-13,24H,2H2,1H3/b7-3-. The van der Waals surface area contributed by atoms with E-state index in [1.165, 1.54) is 53.1 Å². The zero-order chi connectivity index (χ0) is 17.0. The van der Waals surface area contributed by atoms with Gasteiger partial charge in [-0.25, -0.2) is 0 Å². The largest absolute Gasteiger partial charge is 0.354 e. The summed E-state index contributed by atoms with van der Waals surface area (Å²) in [5.74, 6) is 0. The maximum atomic E-state index is 4.02. The maximum absolute atomic E-state index is 4.02. The van der Waals surface area contributed by atoms with Gasteiger partial charge in [-0.05, 0) is 35.9 Å². The van der Waals surface area contributed by atoms with Crippen molar-refractivity contribution in [3.05, 3.63) is 71.6 Å². The number of allylic oxidation sites excluding steroid dienone is 1. The number of hydrogen-bond donors (Lipinski definition) is 1. The van der Waals surface area contributed by atoms with Crippen LogP contribution in [-0.4, -0.2) is 4.98 Å². The summed E-state index contributed by atoms with van der Waals surface area (Å²) >= 11 is 1.81. The van der Waals surface area contributed by atoms with E-state index in [2.05, 4.69) is 79.2 Å². The second kappa shape index (κ2) is 5.33. The smallest absolute Gasteiger partial charge is 0.0472 e. The molecular weight excluding hydrogens is 322 g/mol. The van der Waals surface area contributed by atoms with E-state index in [4.69, 9.17) is 0 Å². The van der Waals surface area contributed by atoms with E-state index in [9.17, 15) is 0 Å². The maximum Gasteiger partial charge on any atom is 0.0472 e. The number of aromatic nitrogens is 1. The zero-order valence-electron chi connectivity index (χ0n) is 14.0. The van der Waals surface area contributed by atoms with Gasteiger partial charge in [0.1, 0.15) is 0 Å². The summed E-state index contributed by atoms with van der Waals surface area (Å²) in [6.07, 6.45) is 6.29. The Morgan fingerprint density at radius 3 is 2.56 bits per heavy atom. The minimum absolute atomic E-state index is 1.19. The van der Waals surface area contributed by atoms with Gasteiger partial charge in [-0.1, -0.05) is 55.1 Å². The third-order valence-corrected chi connectivity index (χ3v) is 6.06. The molecule has 0 aliphatic carbocycles. The summed E-state index contributed by atoms with van der Waals surface area (Å²) in [5, 5.41) is 6.55. The number of rotatable bonds is 2. The van der Waals surface area contributed by atoms with Gasteiger partial charge >= 0.3 is 0 Å². The first-order valence-electron chi connectivity index (χ1n) is 8.45. The molecule has 0 atom stereocenters. The molecule has 0 spiro atoms. The summed E-state index contributed by atoms with van der Waals surface area (Å²) in [6, 6.07) is 17.4. The highest BCUT2D eigenvalue weighted by molar-refractivity contribution is 7.20. The minimum atomic E-state index is 1.19. The van der Waals surface area contributed by atoms with Gasteiger partial charge in [-0.3, -0.25) is 0 Å². The molecule has 0 saturated carbocycles. The van der Waals surface area contributed by atoms with E-state index in [1.807, 2.05) is 17.4 Å². The van der Waals surface area contributed by atoms with Crippen molar-refractivity contribution in [3.8, 4) is 0 Å². The van der Waals surface area contributed by atoms with E-state index in [0.29, 0.717) is 0 Å². The van der Waals surface area contributed by atoms with Crippen LogP contribution < -0.4 is 0 Å². The number of fused-ring (bicyclic) bond motifs is 7. The summed E-state index contributed by atoms with van der Waals surface area (Å²) in [4.78, 5) is 4.85. The van der Waals surface area contributed by atoms with Crippen molar-refractivity contribution in [2.75, 3.05) is 0 Å². The highest BCUT2D eigenvalue weighted by atomic mass is 32.1. The van der Waals surface area contributed by atoms with Gasteiger partial charge in [0, 0.05) is 42.3 Å². The number of aromatic amines is 1. The molecule has 120 valence electrons. The van der Waals surface area contributed by atoms with Crippen LogP contribution in [0.4, 0.5) is 0 Å². The Morgan fingerprint density at radius 2 is 1.72 bits per heavy atom. The fourth-order valence-corrected chi connectivity index (χ4v) is 4.92. The lowest BCUT2D eigenvalue weighted by Crippen LogP contribution is -1.77. The quantitative estimate of drug-likeness (QED) is 0.346. The van der Waals surface area contributed by atoms with Crippen molar-refractivity contribution < 1.29 is 0 Å². The minimum Gasteiger partial charge on any atom is -0.354 e. The zero-order valence-corrected chi connectivity index (χ0v) is 14.8. The molecule has 2 heterocycles. The molecule has 0 fully saturated rings. The number of hydrogen-bond acceptors (Lipinski definition) is 1. The first-order valence-corrected chi connectivity index (χ1v) is 9.27. The monoisotopic (exact) mass is 339 g/mol. The third kappa shape index (κ3) is 1.95. The lowest BCUT2D eigenvalue weighted by molar-refractivity contribution is 1.56. The first kappa shape index (κ1) is 14.5. The van der Waals surface area contributed by atoms with Crippen molar-refractivity contribution in [3.63, 3.8) is 0 Å². The fraction of sp³-hybridized carbons (Fsp3) is 0.0435. The van der Waals surface area contributed by atoms with Gasteiger partial charge < -0.3 is 4.98 Å². The highest BCUT2D eigenvalue weighted by Gasteiger charge is 2.16. The Kier molecular flexibility index (Phi) is 3.09. The van der Waals surface area contributed by atoms with Crippen LogP contribution in [0.15, 0.2) is 61.2 Å². The molecule has 0 amide bonds. The second-order valence-corrected chi connectivity index (χ2v) is 7.36. The Bertz CT molecular complexity index is 1310. The van der Waals surface area contributed by atoms with Gasteiger partial charge in [0.05, 0.1) is 0 Å². The topological polar surface area (TPSA) is 15.8 Å². The molecule has 2 aromatic heterocycles. The van der Waals surface area contributed by atoms with Crippen LogP contribution in [0.2, 0.25) is 0 Å². The van der Waals surface area contributed by atoms with E-state index in [1.54, 1.807) is 0 Å². The molecule has 0 radical (unpaired) electrons. The number of thiophene rings is 1. The molecule has 1 nitrogen and oxygen atoms in total. The van der Waals surface area contributed by atoms with Gasteiger partial charge in [0.25, 0.3) is 0 Å². The fourth-order valence-electron chi connectivity index (χ4n) is 3.87. The Balaban J connectivity index is 2.13. The van der Waals surface area contributed by atoms with Crippen molar-refractivity contribution in [2.45, 2.75) is 6.92 Å². The van der Waals surface area contributed by atoms with Crippen molar-refractivity contribution in [1.29, 1.82) is 0 Å². The summed E-state index contributed by atoms with van der Waals surface area (Å²) in [6.45, 7) is 6.09. The third-order valence-electron chi connectivity index (χ3n) is 4.89. The molecule has 0 bridgehead atoms. The van der Waals surface area contributed by atoms with Crippen LogP contribution >= 0.6 is 11.3 Å². The van der Waals surface area contributed by atoms with Crippen LogP contribution in [0.1, 0.15) is 17.4 Å². The van der Waals surface area contributed by atoms with Crippen molar-refractivity contribution >= 4 is 66.2 Å².